The van der Waals surface area contributed by atoms with E-state index in [4.69, 9.17) is 4.74 Å². The van der Waals surface area contributed by atoms with Crippen molar-refractivity contribution in [2.45, 2.75) is 87.7 Å². The normalized spacial score (nSPS) is 20.5. The highest BCUT2D eigenvalue weighted by Crippen LogP contribution is 2.44. The molecule has 1 aromatic carbocycles. The van der Waals surface area contributed by atoms with Gasteiger partial charge in [0, 0.05) is 50.1 Å². The second-order valence-electron chi connectivity index (χ2n) is 13.1. The number of amides is 2. The first-order valence-corrected chi connectivity index (χ1v) is 17.7. The minimum Gasteiger partial charge on any atom is -0.481 e. The molecule has 284 valence electrons. The number of thiophene rings is 1. The van der Waals surface area contributed by atoms with Crippen LogP contribution in [0.4, 0.5) is 30.7 Å². The van der Waals surface area contributed by atoms with E-state index in [0.29, 0.717) is 29.4 Å². The van der Waals surface area contributed by atoms with Gasteiger partial charge in [-0.25, -0.2) is 4.39 Å². The van der Waals surface area contributed by atoms with E-state index in [9.17, 15) is 55.5 Å². The van der Waals surface area contributed by atoms with Crippen LogP contribution in [0.2, 0.25) is 0 Å². The highest BCUT2D eigenvalue weighted by atomic mass is 32.1. The molecule has 4 heterocycles. The number of piperidine rings is 2. The van der Waals surface area contributed by atoms with E-state index in [-0.39, 0.29) is 75.9 Å². The summed E-state index contributed by atoms with van der Waals surface area (Å²) < 4.78 is 104. The summed E-state index contributed by atoms with van der Waals surface area (Å²) in [5, 5.41) is 20.7. The Morgan fingerprint density at radius 3 is 2.38 bits per heavy atom. The number of pyridine rings is 1. The molecule has 0 radical (unpaired) electrons. The highest BCUT2D eigenvalue weighted by Gasteiger charge is 2.57. The maximum Gasteiger partial charge on any atom is 0.425 e. The molecule has 0 saturated carbocycles. The van der Waals surface area contributed by atoms with Gasteiger partial charge in [-0.2, -0.15) is 31.6 Å². The Morgan fingerprint density at radius 2 is 1.77 bits per heavy atom. The number of carbonyl (C=O) groups excluding carboxylic acids is 2. The lowest BCUT2D eigenvalue weighted by Crippen LogP contribution is -2.68. The van der Waals surface area contributed by atoms with Crippen LogP contribution in [0.3, 0.4) is 0 Å². The molecule has 3 aromatic rings. The number of alkyl halides is 6. The quantitative estimate of drug-likeness (QED) is 0.210. The number of nitrogens with zero attached hydrogens (tertiary/aromatic N) is 4. The van der Waals surface area contributed by atoms with Crippen LogP contribution in [0.1, 0.15) is 83.9 Å². The van der Waals surface area contributed by atoms with Crippen molar-refractivity contribution in [3.8, 4) is 11.8 Å². The Bertz CT molecular complexity index is 1880. The minimum atomic E-state index is -4.94. The standard InChI is InChI=1S/C36H35F7N4O5S/c1-2-5-27-34(52-24-19-28(53-20-24)36(41,42)43,11-4-15-47(27)31(50)30-25(35(38,39)40)6-3-14-45-30)32(51)46-16-12-33(21-44,13-17-46)26-18-23(37)9-7-22(26)8-10-29(48)49/h3,6-7,9,14,18-20,27H,2,4-5,8,10-13,15-17H2,1H3,(H,48,49)/t27-,34+/m1/s1. The maximum atomic E-state index is 14.9. The first-order valence-electron chi connectivity index (χ1n) is 16.8. The number of carboxylic acids is 1. The van der Waals surface area contributed by atoms with Crippen LogP contribution in [0, 0.1) is 17.1 Å². The number of halogens is 7. The largest absolute Gasteiger partial charge is 0.481 e. The molecule has 2 atom stereocenters. The third-order valence-corrected chi connectivity index (χ3v) is 10.8. The van der Waals surface area contributed by atoms with Crippen LogP contribution in [0.15, 0.2) is 48.0 Å². The lowest BCUT2D eigenvalue weighted by molar-refractivity contribution is -0.160. The Balaban J connectivity index is 1.54. The zero-order valence-corrected chi connectivity index (χ0v) is 29.2. The number of aryl methyl sites for hydroxylation is 1. The van der Waals surface area contributed by atoms with E-state index < -0.39 is 69.1 Å². The summed E-state index contributed by atoms with van der Waals surface area (Å²) in [4.78, 5) is 45.3. The average molecular weight is 769 g/mol. The van der Waals surface area contributed by atoms with E-state index in [2.05, 4.69) is 11.1 Å². The van der Waals surface area contributed by atoms with Gasteiger partial charge in [-0.3, -0.25) is 19.4 Å². The molecule has 5 rings (SSSR count). The van der Waals surface area contributed by atoms with E-state index >= 15 is 0 Å². The second-order valence-corrected chi connectivity index (χ2v) is 14.0. The fraction of sp³-hybridized carbons (Fsp3) is 0.472. The zero-order valence-electron chi connectivity index (χ0n) is 28.4. The van der Waals surface area contributed by atoms with Gasteiger partial charge in [0.05, 0.1) is 23.1 Å². The highest BCUT2D eigenvalue weighted by molar-refractivity contribution is 7.10. The summed E-state index contributed by atoms with van der Waals surface area (Å²) >= 11 is 0.329. The lowest BCUT2D eigenvalue weighted by atomic mass is 9.71. The van der Waals surface area contributed by atoms with Gasteiger partial charge in [0.25, 0.3) is 11.8 Å². The summed E-state index contributed by atoms with van der Waals surface area (Å²) in [6, 6.07) is 7.21. The molecule has 0 unspecified atom stereocenters. The molecule has 2 aliphatic heterocycles. The number of likely N-dealkylation sites (tertiary alicyclic amines) is 2. The third-order valence-electron chi connectivity index (χ3n) is 9.83. The van der Waals surface area contributed by atoms with Gasteiger partial charge in [0.15, 0.2) is 0 Å². The van der Waals surface area contributed by atoms with Gasteiger partial charge in [-0.1, -0.05) is 19.4 Å². The molecule has 0 bridgehead atoms. The lowest BCUT2D eigenvalue weighted by Gasteiger charge is -2.51. The van der Waals surface area contributed by atoms with Crippen molar-refractivity contribution >= 4 is 29.1 Å². The van der Waals surface area contributed by atoms with Crippen molar-refractivity contribution in [2.24, 2.45) is 0 Å². The Morgan fingerprint density at radius 1 is 1.06 bits per heavy atom. The first-order chi connectivity index (χ1) is 25.0. The maximum absolute atomic E-state index is 14.9. The van der Waals surface area contributed by atoms with Gasteiger partial charge >= 0.3 is 18.3 Å². The molecule has 0 aliphatic carbocycles. The Hall–Kier alpha value is -4.72. The number of aromatic nitrogens is 1. The average Bonchev–Trinajstić information content (AvgIpc) is 3.60. The number of carboxylic acid groups (broad SMARTS) is 1. The fourth-order valence-electron chi connectivity index (χ4n) is 7.33. The van der Waals surface area contributed by atoms with Crippen LogP contribution in [-0.4, -0.2) is 69.0 Å². The number of hydrogen-bond donors (Lipinski definition) is 1. The van der Waals surface area contributed by atoms with Crippen molar-refractivity contribution in [3.63, 3.8) is 0 Å². The minimum absolute atomic E-state index is 0.0173. The summed E-state index contributed by atoms with van der Waals surface area (Å²) in [5.41, 5.74) is -4.85. The van der Waals surface area contributed by atoms with E-state index in [1.165, 1.54) is 17.0 Å². The van der Waals surface area contributed by atoms with Crippen molar-refractivity contribution in [1.82, 2.24) is 14.8 Å². The van der Waals surface area contributed by atoms with Crippen molar-refractivity contribution in [2.75, 3.05) is 19.6 Å². The number of nitriles is 1. The number of aliphatic carboxylic acids is 1. The summed E-state index contributed by atoms with van der Waals surface area (Å²) in [5.74, 6) is -3.91. The number of ether oxygens (including phenoxy) is 1. The molecule has 0 spiro atoms. The second kappa shape index (κ2) is 15.3. The molecule has 2 amide bonds. The summed E-state index contributed by atoms with van der Waals surface area (Å²) in [6.07, 6.45) is -8.72. The molecule has 2 fully saturated rings. The van der Waals surface area contributed by atoms with Gasteiger partial charge in [-0.05, 0) is 67.5 Å². The monoisotopic (exact) mass is 768 g/mol. The van der Waals surface area contributed by atoms with Gasteiger partial charge < -0.3 is 19.6 Å². The molecule has 2 aliphatic rings. The summed E-state index contributed by atoms with van der Waals surface area (Å²) in [6.45, 7) is 1.39. The predicted molar refractivity (Wildman–Crippen MR) is 176 cm³/mol. The number of carbonyl (C=O) groups is 3. The van der Waals surface area contributed by atoms with Gasteiger partial charge in [0.2, 0.25) is 5.60 Å². The topological polar surface area (TPSA) is 124 Å². The van der Waals surface area contributed by atoms with Crippen LogP contribution in [0.5, 0.6) is 5.75 Å². The Kier molecular flexibility index (Phi) is 11.4. The molecular formula is C36H35F7N4O5S. The molecule has 2 aromatic heterocycles. The van der Waals surface area contributed by atoms with E-state index in [1.54, 1.807) is 6.92 Å². The van der Waals surface area contributed by atoms with Crippen LogP contribution in [-0.2, 0) is 33.8 Å². The number of benzene rings is 1. The summed E-state index contributed by atoms with van der Waals surface area (Å²) in [7, 11) is 0. The molecule has 9 nitrogen and oxygen atoms in total. The fourth-order valence-corrected chi connectivity index (χ4v) is 8.01. The molecule has 17 heteroatoms. The zero-order chi connectivity index (χ0) is 38.8. The van der Waals surface area contributed by atoms with E-state index in [0.717, 1.165) is 34.7 Å². The van der Waals surface area contributed by atoms with Crippen molar-refractivity contribution in [3.05, 3.63) is 81.1 Å². The smallest absolute Gasteiger partial charge is 0.425 e. The van der Waals surface area contributed by atoms with Gasteiger partial charge in [-0.15, -0.1) is 11.3 Å². The molecule has 2 saturated heterocycles. The third kappa shape index (κ3) is 8.12. The van der Waals surface area contributed by atoms with Crippen LogP contribution < -0.4 is 4.74 Å². The predicted octanol–water partition coefficient (Wildman–Crippen LogP) is 7.64. The van der Waals surface area contributed by atoms with Crippen molar-refractivity contribution in [1.29, 1.82) is 5.26 Å². The number of hydrogen-bond acceptors (Lipinski definition) is 7. The van der Waals surface area contributed by atoms with Crippen molar-refractivity contribution < 1.29 is 55.0 Å². The number of rotatable bonds is 10. The van der Waals surface area contributed by atoms with Crippen LogP contribution in [0.25, 0.3) is 0 Å². The van der Waals surface area contributed by atoms with Crippen LogP contribution >= 0.6 is 11.3 Å². The molecule has 1 N–H and O–H groups in total. The van der Waals surface area contributed by atoms with E-state index in [1.807, 2.05) is 0 Å². The molecule has 53 heavy (non-hydrogen) atoms. The van der Waals surface area contributed by atoms with Gasteiger partial charge in [0.1, 0.15) is 22.1 Å². The molecular weight excluding hydrogens is 733 g/mol. The SMILES string of the molecule is CCC[C@H]1N(C(=O)c2ncccc2C(F)(F)F)CCC[C@@]1(Oc1csc(C(F)(F)F)c1)C(=O)N1CCC(C#N)(c2cc(F)ccc2CCC(=O)O)CC1. The first kappa shape index (κ1) is 39.5. The Labute approximate surface area is 304 Å².